The molecule has 5 heteroatoms. The number of hydrogen-bond donors (Lipinski definition) is 0. The Kier molecular flexibility index (Phi) is 3.16. The van der Waals surface area contributed by atoms with Gasteiger partial charge in [-0.3, -0.25) is 0 Å². The number of ether oxygens (including phenoxy) is 1. The van der Waals surface area contributed by atoms with E-state index in [2.05, 4.69) is 5.10 Å². The van der Waals surface area contributed by atoms with Gasteiger partial charge in [-0.1, -0.05) is 18.2 Å². The maximum absolute atomic E-state index is 5.57. The average Bonchev–Trinajstić information content (AvgIpc) is 2.68. The zero-order valence-corrected chi connectivity index (χ0v) is 8.96. The summed E-state index contributed by atoms with van der Waals surface area (Å²) in [5, 5.41) is 4.74. The molecule has 0 unspecified atom stereocenters. The van der Waals surface area contributed by atoms with E-state index in [9.17, 15) is 0 Å². The molecule has 0 amide bonds. The number of benzene rings is 1. The molecule has 1 heterocycles. The molecule has 1 aromatic rings. The van der Waals surface area contributed by atoms with Crippen LogP contribution in [0.2, 0.25) is 0 Å². The molecule has 0 radical (unpaired) electrons. The van der Waals surface area contributed by atoms with Crippen LogP contribution >= 0.6 is 23.5 Å². The minimum Gasteiger partial charge on any atom is -0.452 e. The molecule has 0 saturated carbocycles. The monoisotopic (exact) mass is 228 g/mol. The first kappa shape index (κ1) is 9.68. The van der Waals surface area contributed by atoms with Gasteiger partial charge in [0.1, 0.15) is 0 Å². The van der Waals surface area contributed by atoms with Crippen molar-refractivity contribution in [1.29, 1.82) is 0 Å². The summed E-state index contributed by atoms with van der Waals surface area (Å²) in [6.07, 6.45) is 0. The molecule has 2 rings (SSSR count). The van der Waals surface area contributed by atoms with E-state index in [-0.39, 0.29) is 0 Å². The van der Waals surface area contributed by atoms with Crippen LogP contribution in [0.25, 0.3) is 0 Å². The van der Waals surface area contributed by atoms with E-state index in [4.69, 9.17) is 16.3 Å². The lowest BCUT2D eigenvalue weighted by Gasteiger charge is -2.05. The van der Waals surface area contributed by atoms with E-state index < -0.39 is 0 Å². The van der Waals surface area contributed by atoms with Crippen LogP contribution in [0.15, 0.2) is 35.4 Å². The summed E-state index contributed by atoms with van der Waals surface area (Å²) < 4.78 is 7.13. The van der Waals surface area contributed by atoms with Crippen LogP contribution in [-0.4, -0.2) is 22.3 Å². The molecule has 0 aromatic heterocycles. The van der Waals surface area contributed by atoms with E-state index in [0.717, 1.165) is 5.56 Å². The van der Waals surface area contributed by atoms with Crippen LogP contribution in [-0.2, 0) is 4.74 Å². The van der Waals surface area contributed by atoms with Crippen molar-refractivity contribution in [1.82, 2.24) is 4.41 Å². The third-order valence-corrected chi connectivity index (χ3v) is 2.61. The predicted octanol–water partition coefficient (Wildman–Crippen LogP) is 2.48. The second-order valence-corrected chi connectivity index (χ2v) is 4.19. The largest absolute Gasteiger partial charge is 0.452 e. The Balaban J connectivity index is 2.10. The van der Waals surface area contributed by atoms with Gasteiger partial charge >= 0.3 is 0 Å². The van der Waals surface area contributed by atoms with E-state index >= 15 is 0 Å². The van der Waals surface area contributed by atoms with Crippen molar-refractivity contribution in [3.63, 3.8) is 0 Å². The van der Waals surface area contributed by atoms with Gasteiger partial charge < -0.3 is 4.74 Å². The Bertz CT molecular complexity index is 331. The highest BCUT2D eigenvalue weighted by Gasteiger charge is 2.16. The van der Waals surface area contributed by atoms with Crippen molar-refractivity contribution in [2.24, 2.45) is 5.10 Å². The summed E-state index contributed by atoms with van der Waals surface area (Å²) in [6.45, 7) is 0.460. The highest BCUT2D eigenvalue weighted by molar-refractivity contribution is 7.98. The summed E-state index contributed by atoms with van der Waals surface area (Å²) in [7, 11) is 0. The average molecular weight is 229 g/mol. The molecule has 1 aromatic carbocycles. The minimum atomic E-state index is 0.460. The van der Waals surface area contributed by atoms with Gasteiger partial charge in [-0.15, -0.1) is 16.7 Å². The number of rotatable bonds is 3. The Hall–Kier alpha value is -0.870. The first-order valence-corrected chi connectivity index (χ1v) is 5.61. The Morgan fingerprint density at radius 1 is 1.43 bits per heavy atom. The van der Waals surface area contributed by atoms with E-state index in [0.29, 0.717) is 17.8 Å². The standard InChI is InChI=1S/C9H9ClN2OS/c10-6-14-12-7-13-9(11-12)8-4-2-1-3-5-8/h1-5H,6-7H2. The fourth-order valence-corrected chi connectivity index (χ4v) is 1.83. The van der Waals surface area contributed by atoms with Crippen molar-refractivity contribution in [3.8, 4) is 0 Å². The molecule has 1 aliphatic rings. The molecule has 1 aliphatic heterocycles. The molecule has 0 spiro atoms. The third-order valence-electron chi connectivity index (χ3n) is 1.73. The lowest BCUT2D eigenvalue weighted by Crippen LogP contribution is -2.04. The van der Waals surface area contributed by atoms with Crippen LogP contribution in [0.3, 0.4) is 0 Å². The molecule has 0 bridgehead atoms. The van der Waals surface area contributed by atoms with Crippen LogP contribution in [0.1, 0.15) is 5.56 Å². The summed E-state index contributed by atoms with van der Waals surface area (Å²) in [6, 6.07) is 9.81. The van der Waals surface area contributed by atoms with Gasteiger partial charge in [0, 0.05) is 5.56 Å². The molecule has 14 heavy (non-hydrogen) atoms. The Morgan fingerprint density at radius 2 is 2.21 bits per heavy atom. The normalized spacial score (nSPS) is 15.2. The molecule has 0 aliphatic carbocycles. The quantitative estimate of drug-likeness (QED) is 0.587. The van der Waals surface area contributed by atoms with Crippen LogP contribution in [0, 0.1) is 0 Å². The van der Waals surface area contributed by atoms with Crippen LogP contribution in [0.4, 0.5) is 0 Å². The minimum absolute atomic E-state index is 0.460. The zero-order chi connectivity index (χ0) is 9.80. The third kappa shape index (κ3) is 2.13. The molecule has 0 fully saturated rings. The molecule has 3 nitrogen and oxygen atoms in total. The lowest BCUT2D eigenvalue weighted by atomic mass is 10.2. The van der Waals surface area contributed by atoms with Crippen molar-refractivity contribution >= 4 is 29.4 Å². The van der Waals surface area contributed by atoms with Gasteiger partial charge in [-0.25, -0.2) is 0 Å². The topological polar surface area (TPSA) is 24.8 Å². The second-order valence-electron chi connectivity index (χ2n) is 2.63. The number of halogens is 1. The van der Waals surface area contributed by atoms with E-state index in [1.54, 1.807) is 4.41 Å². The van der Waals surface area contributed by atoms with Crippen molar-refractivity contribution < 1.29 is 4.74 Å². The highest BCUT2D eigenvalue weighted by atomic mass is 35.5. The molecule has 0 N–H and O–H groups in total. The maximum Gasteiger partial charge on any atom is 0.241 e. The van der Waals surface area contributed by atoms with Gasteiger partial charge in [0.05, 0.1) is 5.21 Å². The molecular weight excluding hydrogens is 220 g/mol. The number of hydrazone groups is 1. The SMILES string of the molecule is ClCSN1COC(c2ccccc2)=N1. The van der Waals surface area contributed by atoms with E-state index in [1.807, 2.05) is 30.3 Å². The van der Waals surface area contributed by atoms with Crippen molar-refractivity contribution in [2.45, 2.75) is 0 Å². The molecule has 0 saturated heterocycles. The second kappa shape index (κ2) is 4.57. The number of alkyl halides is 1. The number of hydrogen-bond acceptors (Lipinski definition) is 4. The van der Waals surface area contributed by atoms with Crippen molar-refractivity contribution in [2.75, 3.05) is 11.9 Å². The molecular formula is C9H9ClN2OS. The predicted molar refractivity (Wildman–Crippen MR) is 59.1 cm³/mol. The Labute approximate surface area is 91.8 Å². The Morgan fingerprint density at radius 3 is 2.93 bits per heavy atom. The molecule has 74 valence electrons. The van der Waals surface area contributed by atoms with Gasteiger partial charge in [0.25, 0.3) is 0 Å². The maximum atomic E-state index is 5.57. The highest BCUT2D eigenvalue weighted by Crippen LogP contribution is 2.19. The fraction of sp³-hybridized carbons (Fsp3) is 0.222. The molecule has 0 atom stereocenters. The van der Waals surface area contributed by atoms with Gasteiger partial charge in [0.2, 0.25) is 5.90 Å². The summed E-state index contributed by atoms with van der Waals surface area (Å²) >= 11 is 7.00. The van der Waals surface area contributed by atoms with Crippen molar-refractivity contribution in [3.05, 3.63) is 35.9 Å². The van der Waals surface area contributed by atoms with Gasteiger partial charge in [-0.05, 0) is 24.1 Å². The van der Waals surface area contributed by atoms with Crippen LogP contribution in [0.5, 0.6) is 0 Å². The zero-order valence-electron chi connectivity index (χ0n) is 7.39. The lowest BCUT2D eigenvalue weighted by molar-refractivity contribution is 0.257. The summed E-state index contributed by atoms with van der Waals surface area (Å²) in [5.41, 5.74) is 0.991. The first-order valence-electron chi connectivity index (χ1n) is 4.13. The van der Waals surface area contributed by atoms with E-state index in [1.165, 1.54) is 11.9 Å². The summed E-state index contributed by atoms with van der Waals surface area (Å²) in [4.78, 5) is 0. The number of nitrogens with zero attached hydrogens (tertiary/aromatic N) is 2. The van der Waals surface area contributed by atoms with Gasteiger partial charge in [0.15, 0.2) is 6.73 Å². The van der Waals surface area contributed by atoms with Gasteiger partial charge in [-0.2, -0.15) is 4.41 Å². The smallest absolute Gasteiger partial charge is 0.241 e. The first-order chi connectivity index (χ1) is 6.90. The fourth-order valence-electron chi connectivity index (χ4n) is 1.12. The van der Waals surface area contributed by atoms with Crippen LogP contribution < -0.4 is 0 Å². The summed E-state index contributed by atoms with van der Waals surface area (Å²) in [5.74, 6) is 0.656.